The highest BCUT2D eigenvalue weighted by Gasteiger charge is 2.38. The zero-order valence-corrected chi connectivity index (χ0v) is 13.0. The van der Waals surface area contributed by atoms with Crippen molar-refractivity contribution < 1.29 is 14.3 Å². The molecule has 0 radical (unpaired) electrons. The van der Waals surface area contributed by atoms with Gasteiger partial charge in [0, 0.05) is 11.8 Å². The lowest BCUT2D eigenvalue weighted by atomic mass is 9.90. The van der Waals surface area contributed by atoms with Crippen LogP contribution in [0.15, 0.2) is 23.3 Å². The molecule has 0 heterocycles. The summed E-state index contributed by atoms with van der Waals surface area (Å²) in [5, 5.41) is 4.15. The van der Waals surface area contributed by atoms with E-state index in [4.69, 9.17) is 9.47 Å². The third kappa shape index (κ3) is 2.93. The highest BCUT2D eigenvalue weighted by atomic mass is 16.5. The molecule has 2 aliphatic rings. The van der Waals surface area contributed by atoms with Crippen molar-refractivity contribution in [2.75, 3.05) is 14.2 Å². The van der Waals surface area contributed by atoms with E-state index in [2.05, 4.69) is 10.5 Å². The molecular weight excluding hydrogens is 280 g/mol. The fourth-order valence-electron chi connectivity index (χ4n) is 3.71. The van der Waals surface area contributed by atoms with Crippen LogP contribution in [-0.2, 0) is 0 Å². The molecule has 0 aromatic heterocycles. The van der Waals surface area contributed by atoms with Gasteiger partial charge in [0.25, 0.3) is 5.91 Å². The number of hydrazone groups is 1. The standard InChI is InChI=1S/C17H22N2O3/c1-21-15-6-5-13(9-16(15)22-2)17(20)19-18-10-14-8-11-3-4-12(14)7-11/h5-6,9-12,14H,3-4,7-8H2,1-2H3,(H,19,20)/b18-10-/t11-,12-,14+/m1/s1. The van der Waals surface area contributed by atoms with E-state index < -0.39 is 0 Å². The molecule has 2 bridgehead atoms. The molecule has 1 aromatic carbocycles. The van der Waals surface area contributed by atoms with Crippen molar-refractivity contribution in [3.63, 3.8) is 0 Å². The fourth-order valence-corrected chi connectivity index (χ4v) is 3.71. The predicted molar refractivity (Wildman–Crippen MR) is 84.4 cm³/mol. The van der Waals surface area contributed by atoms with Crippen molar-refractivity contribution in [3.8, 4) is 11.5 Å². The van der Waals surface area contributed by atoms with Gasteiger partial charge in [0.2, 0.25) is 0 Å². The molecule has 1 aromatic rings. The Balaban J connectivity index is 1.60. The third-order valence-electron chi connectivity index (χ3n) is 4.87. The molecule has 2 aliphatic carbocycles. The van der Waals surface area contributed by atoms with Crippen LogP contribution < -0.4 is 14.9 Å². The van der Waals surface area contributed by atoms with E-state index >= 15 is 0 Å². The second kappa shape index (κ2) is 6.38. The monoisotopic (exact) mass is 302 g/mol. The first kappa shape index (κ1) is 14.9. The van der Waals surface area contributed by atoms with Gasteiger partial charge in [0.05, 0.1) is 14.2 Å². The number of rotatable bonds is 5. The number of amides is 1. The molecule has 2 fully saturated rings. The van der Waals surface area contributed by atoms with Crippen LogP contribution in [0.25, 0.3) is 0 Å². The van der Waals surface area contributed by atoms with Crippen LogP contribution in [-0.4, -0.2) is 26.3 Å². The molecule has 5 heteroatoms. The number of hydrogen-bond acceptors (Lipinski definition) is 4. The average molecular weight is 302 g/mol. The highest BCUT2D eigenvalue weighted by molar-refractivity contribution is 5.95. The third-order valence-corrected chi connectivity index (χ3v) is 4.87. The summed E-state index contributed by atoms with van der Waals surface area (Å²) in [6, 6.07) is 5.07. The molecule has 0 aliphatic heterocycles. The minimum absolute atomic E-state index is 0.236. The summed E-state index contributed by atoms with van der Waals surface area (Å²) >= 11 is 0. The van der Waals surface area contributed by atoms with E-state index in [0.717, 1.165) is 11.8 Å². The van der Waals surface area contributed by atoms with E-state index in [1.54, 1.807) is 32.4 Å². The Labute approximate surface area is 130 Å². The first-order valence-electron chi connectivity index (χ1n) is 7.76. The smallest absolute Gasteiger partial charge is 0.271 e. The van der Waals surface area contributed by atoms with Crippen LogP contribution in [0.1, 0.15) is 36.0 Å². The van der Waals surface area contributed by atoms with Gasteiger partial charge in [-0.15, -0.1) is 0 Å². The quantitative estimate of drug-likeness (QED) is 0.672. The van der Waals surface area contributed by atoms with Gasteiger partial charge >= 0.3 is 0 Å². The predicted octanol–water partition coefficient (Wildman–Crippen LogP) is 2.86. The van der Waals surface area contributed by atoms with Crippen LogP contribution in [0.2, 0.25) is 0 Å². The lowest BCUT2D eigenvalue weighted by Gasteiger charge is -2.16. The van der Waals surface area contributed by atoms with Gasteiger partial charge in [-0.2, -0.15) is 5.10 Å². The van der Waals surface area contributed by atoms with Crippen molar-refractivity contribution in [3.05, 3.63) is 23.8 Å². The van der Waals surface area contributed by atoms with Crippen LogP contribution in [0, 0.1) is 17.8 Å². The summed E-state index contributed by atoms with van der Waals surface area (Å²) in [7, 11) is 3.12. The summed E-state index contributed by atoms with van der Waals surface area (Å²) in [4.78, 5) is 12.1. The molecule has 0 unspecified atom stereocenters. The molecule has 5 nitrogen and oxygen atoms in total. The van der Waals surface area contributed by atoms with Gasteiger partial charge in [-0.25, -0.2) is 5.43 Å². The molecule has 22 heavy (non-hydrogen) atoms. The largest absolute Gasteiger partial charge is 0.493 e. The molecule has 0 spiro atoms. The lowest BCUT2D eigenvalue weighted by molar-refractivity contribution is 0.0954. The molecule has 118 valence electrons. The van der Waals surface area contributed by atoms with Crippen molar-refractivity contribution in [2.45, 2.75) is 25.7 Å². The van der Waals surface area contributed by atoms with Crippen molar-refractivity contribution >= 4 is 12.1 Å². The maximum atomic E-state index is 12.1. The Morgan fingerprint density at radius 2 is 2.05 bits per heavy atom. The number of fused-ring (bicyclic) bond motifs is 2. The van der Waals surface area contributed by atoms with Crippen LogP contribution in [0.4, 0.5) is 0 Å². The van der Waals surface area contributed by atoms with Gasteiger partial charge in [-0.1, -0.05) is 6.42 Å². The summed E-state index contributed by atoms with van der Waals surface area (Å²) in [5.74, 6) is 3.08. The second-order valence-corrected chi connectivity index (χ2v) is 6.13. The zero-order valence-electron chi connectivity index (χ0n) is 13.0. The summed E-state index contributed by atoms with van der Waals surface area (Å²) < 4.78 is 10.4. The number of methoxy groups -OCH3 is 2. The van der Waals surface area contributed by atoms with Gasteiger partial charge in [0.15, 0.2) is 11.5 Å². The SMILES string of the molecule is COc1ccc(C(=O)N/N=C\[C@@H]2C[C@@H]3CC[C@@H]2C3)cc1OC. The Morgan fingerprint density at radius 1 is 1.23 bits per heavy atom. The Kier molecular flexibility index (Phi) is 4.32. The maximum absolute atomic E-state index is 12.1. The van der Waals surface area contributed by atoms with Crippen molar-refractivity contribution in [2.24, 2.45) is 22.9 Å². The number of benzene rings is 1. The highest BCUT2D eigenvalue weighted by Crippen LogP contribution is 2.47. The van der Waals surface area contributed by atoms with E-state index in [1.807, 2.05) is 6.21 Å². The normalized spacial score (nSPS) is 26.4. The minimum atomic E-state index is -0.236. The van der Waals surface area contributed by atoms with Gasteiger partial charge < -0.3 is 9.47 Å². The Bertz CT molecular complexity index is 585. The topological polar surface area (TPSA) is 59.9 Å². The van der Waals surface area contributed by atoms with Crippen molar-refractivity contribution in [1.29, 1.82) is 0 Å². The Morgan fingerprint density at radius 3 is 2.68 bits per heavy atom. The molecule has 1 amide bonds. The fraction of sp³-hybridized carbons (Fsp3) is 0.529. The summed E-state index contributed by atoms with van der Waals surface area (Å²) in [5.41, 5.74) is 3.11. The molecule has 2 saturated carbocycles. The van der Waals surface area contributed by atoms with E-state index in [0.29, 0.717) is 23.0 Å². The molecular formula is C17H22N2O3. The first-order valence-corrected chi connectivity index (χ1v) is 7.76. The maximum Gasteiger partial charge on any atom is 0.271 e. The number of nitrogens with zero attached hydrogens (tertiary/aromatic N) is 1. The van der Waals surface area contributed by atoms with E-state index in [1.165, 1.54) is 25.7 Å². The molecule has 1 N–H and O–H groups in total. The van der Waals surface area contributed by atoms with Crippen molar-refractivity contribution in [1.82, 2.24) is 5.43 Å². The zero-order chi connectivity index (χ0) is 15.5. The lowest BCUT2D eigenvalue weighted by Crippen LogP contribution is -2.20. The van der Waals surface area contributed by atoms with Crippen LogP contribution in [0.3, 0.4) is 0 Å². The number of carbonyl (C=O) groups excluding carboxylic acids is 1. The summed E-state index contributed by atoms with van der Waals surface area (Å²) in [6.45, 7) is 0. The molecule has 3 atom stereocenters. The number of ether oxygens (including phenoxy) is 2. The Hall–Kier alpha value is -2.04. The van der Waals surface area contributed by atoms with E-state index in [-0.39, 0.29) is 5.91 Å². The van der Waals surface area contributed by atoms with E-state index in [9.17, 15) is 4.79 Å². The summed E-state index contributed by atoms with van der Waals surface area (Å²) in [6.07, 6.45) is 7.15. The van der Waals surface area contributed by atoms with Crippen LogP contribution >= 0.6 is 0 Å². The number of carbonyl (C=O) groups is 1. The first-order chi connectivity index (χ1) is 10.7. The van der Waals surface area contributed by atoms with Gasteiger partial charge in [-0.05, 0) is 55.2 Å². The average Bonchev–Trinajstić information content (AvgIpc) is 3.17. The molecule has 3 rings (SSSR count). The number of hydrogen-bond donors (Lipinski definition) is 1. The second-order valence-electron chi connectivity index (χ2n) is 6.13. The molecule has 0 saturated heterocycles. The minimum Gasteiger partial charge on any atom is -0.493 e. The van der Waals surface area contributed by atoms with Gasteiger partial charge in [-0.3, -0.25) is 4.79 Å². The number of nitrogens with one attached hydrogen (secondary N) is 1. The van der Waals surface area contributed by atoms with Gasteiger partial charge in [0.1, 0.15) is 0 Å². The van der Waals surface area contributed by atoms with Crippen LogP contribution in [0.5, 0.6) is 11.5 Å².